The predicted molar refractivity (Wildman–Crippen MR) is 84.4 cm³/mol. The Kier molecular flexibility index (Phi) is 3.94. The summed E-state index contributed by atoms with van der Waals surface area (Å²) in [5.74, 6) is -0.188. The molecule has 1 heterocycles. The van der Waals surface area contributed by atoms with Crippen molar-refractivity contribution in [3.05, 3.63) is 40.9 Å². The van der Waals surface area contributed by atoms with Gasteiger partial charge in [-0.1, -0.05) is 25.0 Å². The maximum absolute atomic E-state index is 12.4. The number of hydrogen-bond donors (Lipinski definition) is 2. The second-order valence-electron chi connectivity index (χ2n) is 5.93. The van der Waals surface area contributed by atoms with E-state index in [0.29, 0.717) is 17.4 Å². The molecular weight excluding hydrogens is 280 g/mol. The number of rotatable bonds is 4. The quantitative estimate of drug-likeness (QED) is 0.873. The van der Waals surface area contributed by atoms with E-state index in [4.69, 9.17) is 5.73 Å². The molecule has 0 aliphatic heterocycles. The highest BCUT2D eigenvalue weighted by molar-refractivity contribution is 5.79. The zero-order valence-electron chi connectivity index (χ0n) is 12.4. The third kappa shape index (κ3) is 2.74. The van der Waals surface area contributed by atoms with Gasteiger partial charge < -0.3 is 11.1 Å². The Morgan fingerprint density at radius 1 is 1.32 bits per heavy atom. The normalized spacial score (nSPS) is 16.8. The Hall–Kier alpha value is -2.21. The molecule has 22 heavy (non-hydrogen) atoms. The SMILES string of the molecule is NCC1(NC(=O)Cn2cnc3ccccc3c2=O)CCCC1. The van der Waals surface area contributed by atoms with E-state index in [-0.39, 0.29) is 23.6 Å². The van der Waals surface area contributed by atoms with Crippen molar-refractivity contribution in [3.8, 4) is 0 Å². The minimum Gasteiger partial charge on any atom is -0.348 e. The van der Waals surface area contributed by atoms with Crippen LogP contribution < -0.4 is 16.6 Å². The Bertz CT molecular complexity index is 747. The van der Waals surface area contributed by atoms with Crippen molar-refractivity contribution in [1.82, 2.24) is 14.9 Å². The van der Waals surface area contributed by atoms with Crippen LogP contribution in [0.3, 0.4) is 0 Å². The second kappa shape index (κ2) is 5.88. The molecule has 1 saturated carbocycles. The molecule has 0 bridgehead atoms. The third-order valence-corrected chi connectivity index (χ3v) is 4.40. The number of nitrogens with one attached hydrogen (secondary N) is 1. The van der Waals surface area contributed by atoms with E-state index >= 15 is 0 Å². The number of nitrogens with zero attached hydrogens (tertiary/aromatic N) is 2. The van der Waals surface area contributed by atoms with Gasteiger partial charge in [0.1, 0.15) is 6.54 Å². The fraction of sp³-hybridized carbons (Fsp3) is 0.438. The number of para-hydroxylation sites is 1. The maximum Gasteiger partial charge on any atom is 0.261 e. The van der Waals surface area contributed by atoms with Crippen LogP contribution in [0.2, 0.25) is 0 Å². The minimum atomic E-state index is -0.301. The molecular formula is C16H20N4O2. The predicted octanol–water partition coefficient (Wildman–Crippen LogP) is 0.784. The average molecular weight is 300 g/mol. The van der Waals surface area contributed by atoms with Gasteiger partial charge in [0.2, 0.25) is 5.91 Å². The number of nitrogens with two attached hydrogens (primary N) is 1. The lowest BCUT2D eigenvalue weighted by atomic mass is 9.98. The summed E-state index contributed by atoms with van der Waals surface area (Å²) in [6.45, 7) is 0.405. The van der Waals surface area contributed by atoms with Crippen molar-refractivity contribution in [3.63, 3.8) is 0 Å². The van der Waals surface area contributed by atoms with E-state index < -0.39 is 0 Å². The summed E-state index contributed by atoms with van der Waals surface area (Å²) < 4.78 is 1.34. The summed E-state index contributed by atoms with van der Waals surface area (Å²) in [5, 5.41) is 3.53. The molecule has 1 amide bonds. The standard InChI is InChI=1S/C16H20N4O2/c17-10-16(7-3-4-8-16)19-14(21)9-20-11-18-13-6-2-1-5-12(13)15(20)22/h1-2,5-6,11H,3-4,7-10,17H2,(H,19,21). The van der Waals surface area contributed by atoms with Crippen LogP contribution in [0, 0.1) is 0 Å². The van der Waals surface area contributed by atoms with Crippen molar-refractivity contribution >= 4 is 16.8 Å². The fourth-order valence-corrected chi connectivity index (χ4v) is 3.14. The molecule has 6 nitrogen and oxygen atoms in total. The molecule has 1 aromatic carbocycles. The highest BCUT2D eigenvalue weighted by atomic mass is 16.2. The van der Waals surface area contributed by atoms with E-state index in [2.05, 4.69) is 10.3 Å². The lowest BCUT2D eigenvalue weighted by Gasteiger charge is -2.28. The zero-order valence-corrected chi connectivity index (χ0v) is 12.4. The molecule has 0 unspecified atom stereocenters. The zero-order chi connectivity index (χ0) is 15.6. The number of carbonyl (C=O) groups is 1. The van der Waals surface area contributed by atoms with Crippen molar-refractivity contribution < 1.29 is 4.79 Å². The lowest BCUT2D eigenvalue weighted by molar-refractivity contribution is -0.123. The third-order valence-electron chi connectivity index (χ3n) is 4.40. The largest absolute Gasteiger partial charge is 0.348 e. The Labute approximate surface area is 128 Å². The molecule has 0 radical (unpaired) electrons. The first kappa shape index (κ1) is 14.7. The van der Waals surface area contributed by atoms with Crippen LogP contribution in [0.4, 0.5) is 0 Å². The van der Waals surface area contributed by atoms with Gasteiger partial charge >= 0.3 is 0 Å². The molecule has 3 rings (SSSR count). The summed E-state index contributed by atoms with van der Waals surface area (Å²) in [6, 6.07) is 7.12. The van der Waals surface area contributed by atoms with Crippen LogP contribution in [0.15, 0.2) is 35.4 Å². The molecule has 0 atom stereocenters. The summed E-state index contributed by atoms with van der Waals surface area (Å²) in [7, 11) is 0. The van der Waals surface area contributed by atoms with E-state index in [1.807, 2.05) is 6.07 Å². The first-order valence-electron chi connectivity index (χ1n) is 7.59. The van der Waals surface area contributed by atoms with E-state index in [1.165, 1.54) is 10.9 Å². The number of hydrogen-bond acceptors (Lipinski definition) is 4. The Morgan fingerprint density at radius 2 is 2.05 bits per heavy atom. The van der Waals surface area contributed by atoms with Crippen LogP contribution >= 0.6 is 0 Å². The van der Waals surface area contributed by atoms with Gasteiger partial charge in [-0.05, 0) is 25.0 Å². The number of aromatic nitrogens is 2. The molecule has 1 fully saturated rings. The van der Waals surface area contributed by atoms with Gasteiger partial charge in [-0.15, -0.1) is 0 Å². The number of carbonyl (C=O) groups excluding carboxylic acids is 1. The number of amides is 1. The summed E-state index contributed by atoms with van der Waals surface area (Å²) in [6.07, 6.45) is 5.39. The number of fused-ring (bicyclic) bond motifs is 1. The van der Waals surface area contributed by atoms with Gasteiger partial charge in [-0.3, -0.25) is 14.2 Å². The fourth-order valence-electron chi connectivity index (χ4n) is 3.14. The first-order valence-corrected chi connectivity index (χ1v) is 7.59. The van der Waals surface area contributed by atoms with Crippen molar-refractivity contribution in [2.45, 2.75) is 37.8 Å². The number of benzene rings is 1. The summed E-state index contributed by atoms with van der Waals surface area (Å²) in [4.78, 5) is 28.9. The topological polar surface area (TPSA) is 90.0 Å². The minimum absolute atomic E-state index is 0.0293. The van der Waals surface area contributed by atoms with Crippen molar-refractivity contribution in [1.29, 1.82) is 0 Å². The van der Waals surface area contributed by atoms with E-state index in [0.717, 1.165) is 25.7 Å². The van der Waals surface area contributed by atoms with Crippen LogP contribution in [-0.4, -0.2) is 27.5 Å². The highest BCUT2D eigenvalue weighted by Crippen LogP contribution is 2.28. The van der Waals surface area contributed by atoms with Gasteiger partial charge in [0.15, 0.2) is 0 Å². The Balaban J connectivity index is 1.79. The summed E-state index contributed by atoms with van der Waals surface area (Å²) in [5.41, 5.74) is 5.96. The van der Waals surface area contributed by atoms with Crippen LogP contribution in [-0.2, 0) is 11.3 Å². The van der Waals surface area contributed by atoms with Crippen molar-refractivity contribution in [2.24, 2.45) is 5.73 Å². The highest BCUT2D eigenvalue weighted by Gasteiger charge is 2.33. The van der Waals surface area contributed by atoms with Gasteiger partial charge in [0.05, 0.1) is 22.8 Å². The molecule has 2 aromatic rings. The Morgan fingerprint density at radius 3 is 2.77 bits per heavy atom. The van der Waals surface area contributed by atoms with E-state index in [9.17, 15) is 9.59 Å². The molecule has 0 spiro atoms. The second-order valence-corrected chi connectivity index (χ2v) is 5.93. The molecule has 116 valence electrons. The molecule has 1 aliphatic carbocycles. The molecule has 1 aliphatic rings. The smallest absolute Gasteiger partial charge is 0.261 e. The van der Waals surface area contributed by atoms with E-state index in [1.54, 1.807) is 18.2 Å². The average Bonchev–Trinajstić information content (AvgIpc) is 2.99. The monoisotopic (exact) mass is 300 g/mol. The first-order chi connectivity index (χ1) is 10.6. The molecule has 0 saturated heterocycles. The molecule has 6 heteroatoms. The maximum atomic E-state index is 12.4. The van der Waals surface area contributed by atoms with Gasteiger partial charge in [-0.25, -0.2) is 4.98 Å². The summed E-state index contributed by atoms with van der Waals surface area (Å²) >= 11 is 0. The van der Waals surface area contributed by atoms with Gasteiger partial charge in [0.25, 0.3) is 5.56 Å². The van der Waals surface area contributed by atoms with Crippen LogP contribution in [0.5, 0.6) is 0 Å². The van der Waals surface area contributed by atoms with Gasteiger partial charge in [0, 0.05) is 6.54 Å². The van der Waals surface area contributed by atoms with Gasteiger partial charge in [-0.2, -0.15) is 0 Å². The molecule has 3 N–H and O–H groups in total. The molecule has 1 aromatic heterocycles. The lowest BCUT2D eigenvalue weighted by Crippen LogP contribution is -2.52. The van der Waals surface area contributed by atoms with Crippen LogP contribution in [0.1, 0.15) is 25.7 Å². The van der Waals surface area contributed by atoms with Crippen molar-refractivity contribution in [2.75, 3.05) is 6.54 Å². The van der Waals surface area contributed by atoms with Crippen LogP contribution in [0.25, 0.3) is 10.9 Å².